The molecule has 164 valence electrons. The fourth-order valence-electron chi connectivity index (χ4n) is 4.43. The van der Waals surface area contributed by atoms with E-state index >= 15 is 0 Å². The van der Waals surface area contributed by atoms with Crippen LogP contribution >= 0.6 is 0 Å². The van der Waals surface area contributed by atoms with E-state index in [9.17, 15) is 4.79 Å². The van der Waals surface area contributed by atoms with Crippen LogP contribution in [-0.4, -0.2) is 51.4 Å². The van der Waals surface area contributed by atoms with E-state index in [4.69, 9.17) is 9.72 Å². The Bertz CT molecular complexity index is 1270. The Kier molecular flexibility index (Phi) is 5.73. The van der Waals surface area contributed by atoms with Crippen LogP contribution < -0.4 is 10.3 Å². The molecule has 5 rings (SSSR count). The van der Waals surface area contributed by atoms with Gasteiger partial charge in [-0.2, -0.15) is 5.10 Å². The van der Waals surface area contributed by atoms with Crippen LogP contribution in [0, 0.1) is 0 Å². The molecule has 0 spiro atoms. The molecule has 2 aromatic carbocycles. The molecule has 1 saturated heterocycles. The Morgan fingerprint density at radius 1 is 1.09 bits per heavy atom. The highest BCUT2D eigenvalue weighted by Gasteiger charge is 2.16. The Balaban J connectivity index is 1.57. The molecule has 0 aliphatic carbocycles. The smallest absolute Gasteiger partial charge is 0.261 e. The number of fused-ring (bicyclic) bond motifs is 1. The van der Waals surface area contributed by atoms with Gasteiger partial charge in [0.2, 0.25) is 0 Å². The molecular weight excluding hydrogens is 402 g/mol. The maximum atomic E-state index is 13.7. The molecule has 1 fully saturated rings. The van der Waals surface area contributed by atoms with Crippen LogP contribution in [0.3, 0.4) is 0 Å². The Morgan fingerprint density at radius 2 is 1.97 bits per heavy atom. The molecule has 0 amide bonds. The lowest BCUT2D eigenvalue weighted by atomic mass is 10.1. The van der Waals surface area contributed by atoms with Crippen molar-refractivity contribution in [2.24, 2.45) is 0 Å². The zero-order chi connectivity index (χ0) is 21.9. The highest BCUT2D eigenvalue weighted by atomic mass is 16.5. The largest absolute Gasteiger partial charge is 0.497 e. The average Bonchev–Trinajstić information content (AvgIpc) is 3.54. The van der Waals surface area contributed by atoms with Crippen molar-refractivity contribution >= 4 is 10.9 Å². The number of H-pyrrole nitrogens is 1. The molecule has 2 aromatic heterocycles. The van der Waals surface area contributed by atoms with Crippen LogP contribution in [0.15, 0.2) is 59.7 Å². The first-order chi connectivity index (χ1) is 15.7. The van der Waals surface area contributed by atoms with Crippen molar-refractivity contribution in [3.05, 3.63) is 76.6 Å². The molecule has 0 bridgehead atoms. The summed E-state index contributed by atoms with van der Waals surface area (Å²) in [5.41, 5.74) is 3.63. The highest BCUT2D eigenvalue weighted by molar-refractivity contribution is 5.83. The lowest BCUT2D eigenvalue weighted by molar-refractivity contribution is 0.338. The van der Waals surface area contributed by atoms with Gasteiger partial charge in [0.1, 0.15) is 11.6 Å². The molecule has 7 nitrogen and oxygen atoms in total. The first kappa shape index (κ1) is 20.5. The fraction of sp³-hybridized carbons (Fsp3) is 0.320. The van der Waals surface area contributed by atoms with Gasteiger partial charge in [0.15, 0.2) is 0 Å². The second-order valence-electron chi connectivity index (χ2n) is 8.29. The van der Waals surface area contributed by atoms with E-state index in [1.165, 1.54) is 12.8 Å². The molecule has 0 saturated carbocycles. The van der Waals surface area contributed by atoms with Gasteiger partial charge in [-0.1, -0.05) is 18.2 Å². The normalized spacial score (nSPS) is 14.3. The van der Waals surface area contributed by atoms with E-state index in [0.29, 0.717) is 11.9 Å². The first-order valence-corrected chi connectivity index (χ1v) is 11.1. The number of ether oxygens (including phenoxy) is 1. The number of benzene rings is 2. The lowest BCUT2D eigenvalue weighted by Gasteiger charge is -2.18. The molecule has 32 heavy (non-hydrogen) atoms. The number of aromatic nitrogens is 4. The summed E-state index contributed by atoms with van der Waals surface area (Å²) in [7, 11) is 1.65. The molecule has 3 heterocycles. The monoisotopic (exact) mass is 429 g/mol. The zero-order valence-electron chi connectivity index (χ0n) is 18.3. The quantitative estimate of drug-likeness (QED) is 0.487. The maximum Gasteiger partial charge on any atom is 0.261 e. The van der Waals surface area contributed by atoms with Crippen LogP contribution in [0.4, 0.5) is 0 Å². The summed E-state index contributed by atoms with van der Waals surface area (Å²) < 4.78 is 7.20. The van der Waals surface area contributed by atoms with Crippen LogP contribution in [0.1, 0.15) is 24.2 Å². The third-order valence-corrected chi connectivity index (χ3v) is 6.19. The van der Waals surface area contributed by atoms with Gasteiger partial charge in [0.05, 0.1) is 30.8 Å². The van der Waals surface area contributed by atoms with Gasteiger partial charge in [0, 0.05) is 24.7 Å². The molecule has 7 heteroatoms. The van der Waals surface area contributed by atoms with Crippen molar-refractivity contribution in [1.82, 2.24) is 24.6 Å². The summed E-state index contributed by atoms with van der Waals surface area (Å²) >= 11 is 0. The minimum Gasteiger partial charge on any atom is -0.497 e. The minimum atomic E-state index is -0.0143. The van der Waals surface area contributed by atoms with Gasteiger partial charge in [-0.05, 0) is 61.3 Å². The van der Waals surface area contributed by atoms with E-state index in [-0.39, 0.29) is 5.56 Å². The van der Waals surface area contributed by atoms with Crippen LogP contribution in [0.25, 0.3) is 22.0 Å². The van der Waals surface area contributed by atoms with E-state index in [2.05, 4.69) is 15.1 Å². The number of nitrogens with zero attached hydrogens (tertiary/aromatic N) is 4. The summed E-state index contributed by atoms with van der Waals surface area (Å²) in [6, 6.07) is 13.7. The SMILES string of the molecule is COc1cccc(Cn2c(CCN3CCCC3)nc3ccc(-c4cn[nH]c4)cc3c2=O)c1. The van der Waals surface area contributed by atoms with Crippen molar-refractivity contribution in [3.8, 4) is 16.9 Å². The molecule has 4 aromatic rings. The van der Waals surface area contributed by atoms with Crippen LogP contribution in [0.5, 0.6) is 5.75 Å². The number of methoxy groups -OCH3 is 1. The molecule has 1 aliphatic rings. The van der Waals surface area contributed by atoms with Gasteiger partial charge in [0.25, 0.3) is 5.56 Å². The van der Waals surface area contributed by atoms with Crippen molar-refractivity contribution in [2.45, 2.75) is 25.8 Å². The predicted octanol–water partition coefficient (Wildman–Crippen LogP) is 3.48. The molecule has 1 aliphatic heterocycles. The standard InChI is InChI=1S/C25H27N5O2/c1-32-21-6-4-5-18(13-21)17-30-24(9-12-29-10-2-3-11-29)28-23-8-7-19(14-22(23)25(30)31)20-15-26-27-16-20/h4-8,13-16H,2-3,9-12,17H2,1H3,(H,26,27). The number of hydrogen-bond donors (Lipinski definition) is 1. The summed E-state index contributed by atoms with van der Waals surface area (Å²) in [5.74, 6) is 1.61. The minimum absolute atomic E-state index is 0.0143. The van der Waals surface area contributed by atoms with Crippen molar-refractivity contribution in [1.29, 1.82) is 0 Å². The maximum absolute atomic E-state index is 13.7. The number of nitrogens with one attached hydrogen (secondary N) is 1. The second kappa shape index (κ2) is 8.96. The van der Waals surface area contributed by atoms with Gasteiger partial charge < -0.3 is 9.64 Å². The number of rotatable bonds is 7. The lowest BCUT2D eigenvalue weighted by Crippen LogP contribution is -2.29. The van der Waals surface area contributed by atoms with Crippen LogP contribution in [-0.2, 0) is 13.0 Å². The fourth-order valence-corrected chi connectivity index (χ4v) is 4.43. The Labute approximate surface area is 186 Å². The summed E-state index contributed by atoms with van der Waals surface area (Å²) in [4.78, 5) is 21.1. The first-order valence-electron chi connectivity index (χ1n) is 11.1. The molecule has 0 unspecified atom stereocenters. The van der Waals surface area contributed by atoms with E-state index in [1.54, 1.807) is 13.3 Å². The van der Waals surface area contributed by atoms with E-state index in [0.717, 1.165) is 59.8 Å². The Hall–Kier alpha value is -3.45. The van der Waals surface area contributed by atoms with Gasteiger partial charge >= 0.3 is 0 Å². The highest BCUT2D eigenvalue weighted by Crippen LogP contribution is 2.22. The third kappa shape index (κ3) is 4.16. The second-order valence-corrected chi connectivity index (χ2v) is 8.29. The number of hydrogen-bond acceptors (Lipinski definition) is 5. The predicted molar refractivity (Wildman–Crippen MR) is 125 cm³/mol. The Morgan fingerprint density at radius 3 is 2.75 bits per heavy atom. The average molecular weight is 430 g/mol. The molecule has 1 N–H and O–H groups in total. The van der Waals surface area contributed by atoms with Crippen molar-refractivity contribution in [2.75, 3.05) is 26.7 Å². The van der Waals surface area contributed by atoms with Gasteiger partial charge in [-0.3, -0.25) is 14.5 Å². The number of likely N-dealkylation sites (tertiary alicyclic amines) is 1. The molecule has 0 radical (unpaired) electrons. The number of aromatic amines is 1. The summed E-state index contributed by atoms with van der Waals surface area (Å²) in [6.07, 6.45) is 6.83. The van der Waals surface area contributed by atoms with Crippen LogP contribution in [0.2, 0.25) is 0 Å². The van der Waals surface area contributed by atoms with Gasteiger partial charge in [-0.15, -0.1) is 0 Å². The van der Waals surface area contributed by atoms with E-state index in [1.807, 2.05) is 53.2 Å². The summed E-state index contributed by atoms with van der Waals surface area (Å²) in [6.45, 7) is 3.64. The molecule has 0 atom stereocenters. The molecular formula is C25H27N5O2. The van der Waals surface area contributed by atoms with Crippen molar-refractivity contribution < 1.29 is 4.74 Å². The van der Waals surface area contributed by atoms with E-state index < -0.39 is 0 Å². The van der Waals surface area contributed by atoms with Crippen molar-refractivity contribution in [3.63, 3.8) is 0 Å². The van der Waals surface area contributed by atoms with Gasteiger partial charge in [-0.25, -0.2) is 4.98 Å². The summed E-state index contributed by atoms with van der Waals surface area (Å²) in [5, 5.41) is 7.48. The zero-order valence-corrected chi connectivity index (χ0v) is 18.3. The topological polar surface area (TPSA) is 76.0 Å². The third-order valence-electron chi connectivity index (χ3n) is 6.19.